The zero-order chi connectivity index (χ0) is 24.9. The predicted octanol–water partition coefficient (Wildman–Crippen LogP) is 4.26. The molecular formula is C28H32N2O5. The van der Waals surface area contributed by atoms with Gasteiger partial charge in [0.1, 0.15) is 6.61 Å². The number of hydrogen-bond donors (Lipinski definition) is 2. The molecule has 35 heavy (non-hydrogen) atoms. The van der Waals surface area contributed by atoms with Gasteiger partial charge in [0.15, 0.2) is 0 Å². The molecule has 2 aromatic rings. The van der Waals surface area contributed by atoms with Crippen molar-refractivity contribution in [3.63, 3.8) is 0 Å². The quantitative estimate of drug-likeness (QED) is 0.650. The van der Waals surface area contributed by atoms with Crippen LogP contribution in [0.15, 0.2) is 48.5 Å². The van der Waals surface area contributed by atoms with Gasteiger partial charge in [0.2, 0.25) is 5.91 Å². The summed E-state index contributed by atoms with van der Waals surface area (Å²) in [6.07, 6.45) is 0.320. The van der Waals surface area contributed by atoms with Crippen LogP contribution in [0.25, 0.3) is 11.1 Å². The molecule has 7 nitrogen and oxygen atoms in total. The van der Waals surface area contributed by atoms with E-state index in [0.29, 0.717) is 6.54 Å². The minimum Gasteiger partial charge on any atom is -0.481 e. The van der Waals surface area contributed by atoms with Crippen LogP contribution in [0, 0.1) is 17.3 Å². The van der Waals surface area contributed by atoms with Crippen LogP contribution in [0.5, 0.6) is 0 Å². The lowest BCUT2D eigenvalue weighted by Gasteiger charge is -2.35. The second-order valence-electron chi connectivity index (χ2n) is 11.1. The van der Waals surface area contributed by atoms with Gasteiger partial charge in [0, 0.05) is 31.0 Å². The molecular weight excluding hydrogens is 444 g/mol. The molecule has 2 aliphatic carbocycles. The Morgan fingerprint density at radius 1 is 1.06 bits per heavy atom. The Hall–Kier alpha value is -3.35. The summed E-state index contributed by atoms with van der Waals surface area (Å²) >= 11 is 0. The standard InChI is InChI=1S/C28H32N2O5/c1-28(2,3)23(13-24(31)30-14-16-12-22(30)25(16)26(32)33)29-27(34)35-15-21-19-10-6-4-8-17(19)18-9-5-7-11-20(18)21/h4-11,16,21-23,25H,12-15H2,1-3H3,(H,29,34)(H,32,33). The highest BCUT2D eigenvalue weighted by atomic mass is 16.5. The van der Waals surface area contributed by atoms with Gasteiger partial charge in [-0.25, -0.2) is 4.79 Å². The van der Waals surface area contributed by atoms with Gasteiger partial charge in [-0.2, -0.15) is 0 Å². The number of aliphatic carboxylic acids is 1. The summed E-state index contributed by atoms with van der Waals surface area (Å²) < 4.78 is 5.70. The molecule has 0 aromatic heterocycles. The van der Waals surface area contributed by atoms with Gasteiger partial charge in [0.05, 0.1) is 5.92 Å². The van der Waals surface area contributed by atoms with Crippen LogP contribution in [0.1, 0.15) is 50.7 Å². The topological polar surface area (TPSA) is 95.9 Å². The third-order valence-electron chi connectivity index (χ3n) is 7.96. The van der Waals surface area contributed by atoms with E-state index >= 15 is 0 Å². The molecule has 6 rings (SSSR count). The van der Waals surface area contributed by atoms with Crippen molar-refractivity contribution >= 4 is 18.0 Å². The summed E-state index contributed by atoms with van der Waals surface area (Å²) in [5.41, 5.74) is 4.24. The van der Waals surface area contributed by atoms with E-state index in [1.54, 1.807) is 4.90 Å². The third-order valence-corrected chi connectivity index (χ3v) is 7.96. The lowest BCUT2D eigenvalue weighted by Crippen LogP contribution is -2.49. The highest BCUT2D eigenvalue weighted by molar-refractivity contribution is 5.82. The fraction of sp³-hybridized carbons (Fsp3) is 0.464. The maximum Gasteiger partial charge on any atom is 0.407 e. The van der Waals surface area contributed by atoms with E-state index in [1.165, 1.54) is 11.1 Å². The maximum absolute atomic E-state index is 13.1. The first-order chi connectivity index (χ1) is 16.6. The molecule has 1 saturated carbocycles. The van der Waals surface area contributed by atoms with Crippen molar-refractivity contribution in [2.75, 3.05) is 13.2 Å². The Morgan fingerprint density at radius 2 is 1.66 bits per heavy atom. The van der Waals surface area contributed by atoms with Crippen molar-refractivity contribution in [2.24, 2.45) is 17.3 Å². The molecule has 4 atom stereocenters. The normalized spacial score (nSPS) is 23.2. The third kappa shape index (κ3) is 4.17. The lowest BCUT2D eigenvalue weighted by molar-refractivity contribution is -0.148. The molecule has 2 aliphatic heterocycles. The summed E-state index contributed by atoms with van der Waals surface area (Å²) in [5, 5.41) is 12.3. The van der Waals surface area contributed by atoms with Crippen molar-refractivity contribution in [2.45, 2.75) is 51.6 Å². The van der Waals surface area contributed by atoms with Gasteiger partial charge in [-0.3, -0.25) is 9.59 Å². The number of alkyl carbamates (subject to hydrolysis) is 1. The zero-order valence-electron chi connectivity index (χ0n) is 20.4. The fourth-order valence-electron chi connectivity index (χ4n) is 5.92. The van der Waals surface area contributed by atoms with Crippen LogP contribution in [0.4, 0.5) is 4.79 Å². The lowest BCUT2D eigenvalue weighted by atomic mass is 9.74. The number of ether oxygens (including phenoxy) is 1. The van der Waals surface area contributed by atoms with E-state index in [2.05, 4.69) is 29.6 Å². The number of fused-ring (bicyclic) bond motifs is 4. The average Bonchev–Trinajstić information content (AvgIpc) is 3.47. The number of nitrogens with one attached hydrogen (secondary N) is 1. The molecule has 2 heterocycles. The van der Waals surface area contributed by atoms with E-state index in [-0.39, 0.29) is 42.2 Å². The largest absolute Gasteiger partial charge is 0.481 e. The average molecular weight is 477 g/mol. The summed E-state index contributed by atoms with van der Waals surface area (Å²) in [4.78, 5) is 39.1. The predicted molar refractivity (Wildman–Crippen MR) is 131 cm³/mol. The van der Waals surface area contributed by atoms with Crippen molar-refractivity contribution in [1.82, 2.24) is 10.2 Å². The monoisotopic (exact) mass is 476 g/mol. The van der Waals surface area contributed by atoms with Crippen molar-refractivity contribution in [1.29, 1.82) is 0 Å². The van der Waals surface area contributed by atoms with Crippen LogP contribution in [0.2, 0.25) is 0 Å². The number of hydrogen-bond acceptors (Lipinski definition) is 4. The summed E-state index contributed by atoms with van der Waals surface area (Å²) in [7, 11) is 0. The van der Waals surface area contributed by atoms with Gasteiger partial charge in [-0.1, -0.05) is 69.3 Å². The van der Waals surface area contributed by atoms with E-state index in [9.17, 15) is 19.5 Å². The summed E-state index contributed by atoms with van der Waals surface area (Å²) in [6, 6.07) is 15.7. The number of carboxylic acid groups (broad SMARTS) is 1. The fourth-order valence-corrected chi connectivity index (χ4v) is 5.92. The van der Waals surface area contributed by atoms with Crippen molar-refractivity contribution in [3.05, 3.63) is 59.7 Å². The molecule has 2 amide bonds. The Labute approximate surface area is 205 Å². The van der Waals surface area contributed by atoms with E-state index in [0.717, 1.165) is 17.5 Å². The number of carbonyl (C=O) groups excluding carboxylic acids is 2. The van der Waals surface area contributed by atoms with Gasteiger partial charge in [0.25, 0.3) is 0 Å². The maximum atomic E-state index is 13.1. The highest BCUT2D eigenvalue weighted by Crippen LogP contribution is 2.47. The number of rotatable bonds is 6. The number of benzene rings is 2. The van der Waals surface area contributed by atoms with E-state index < -0.39 is 24.0 Å². The first-order valence-electron chi connectivity index (χ1n) is 12.3. The van der Waals surface area contributed by atoms with Crippen LogP contribution < -0.4 is 5.32 Å². The SMILES string of the molecule is CC(C)(C)C(CC(=O)N1CC2CC1C2C(=O)O)NC(=O)OCC1c2ccccc2-c2ccccc21. The zero-order valence-corrected chi connectivity index (χ0v) is 20.4. The second-order valence-corrected chi connectivity index (χ2v) is 11.1. The molecule has 7 heteroatoms. The smallest absolute Gasteiger partial charge is 0.407 e. The Kier molecular flexibility index (Phi) is 5.82. The number of nitrogens with zero attached hydrogens (tertiary/aromatic N) is 1. The van der Waals surface area contributed by atoms with Crippen molar-refractivity contribution in [3.8, 4) is 11.1 Å². The van der Waals surface area contributed by atoms with Gasteiger partial charge in [-0.15, -0.1) is 0 Å². The Bertz CT molecular complexity index is 1120. The molecule has 0 spiro atoms. The highest BCUT2D eigenvalue weighted by Gasteiger charge is 2.57. The molecule has 4 unspecified atom stereocenters. The first kappa shape index (κ1) is 23.4. The summed E-state index contributed by atoms with van der Waals surface area (Å²) in [5.74, 6) is -1.38. The Balaban J connectivity index is 1.23. The van der Waals surface area contributed by atoms with Gasteiger partial charge >= 0.3 is 12.1 Å². The summed E-state index contributed by atoms with van der Waals surface area (Å²) in [6.45, 7) is 6.61. The van der Waals surface area contributed by atoms with Crippen LogP contribution >= 0.6 is 0 Å². The number of carboxylic acids is 1. The molecule has 2 aromatic carbocycles. The molecule has 2 N–H and O–H groups in total. The van der Waals surface area contributed by atoms with Crippen LogP contribution in [-0.2, 0) is 14.3 Å². The molecule has 2 bridgehead atoms. The van der Waals surface area contributed by atoms with E-state index in [4.69, 9.17) is 4.74 Å². The molecule has 184 valence electrons. The van der Waals surface area contributed by atoms with Crippen LogP contribution in [0.3, 0.4) is 0 Å². The number of amides is 2. The molecule has 0 radical (unpaired) electrons. The van der Waals surface area contributed by atoms with E-state index in [1.807, 2.05) is 45.0 Å². The minimum absolute atomic E-state index is 0.0350. The molecule has 3 fully saturated rings. The molecule has 2 saturated heterocycles. The van der Waals surface area contributed by atoms with Crippen LogP contribution in [-0.4, -0.2) is 53.2 Å². The van der Waals surface area contributed by atoms with Crippen molar-refractivity contribution < 1.29 is 24.2 Å². The van der Waals surface area contributed by atoms with Gasteiger partial charge in [-0.05, 0) is 40.0 Å². The minimum atomic E-state index is -0.828. The number of carbonyl (C=O) groups is 3. The second kappa shape index (κ2) is 8.70. The first-order valence-corrected chi connectivity index (χ1v) is 12.3. The Morgan fingerprint density at radius 3 is 2.20 bits per heavy atom. The molecule has 4 aliphatic rings. The van der Waals surface area contributed by atoms with Gasteiger partial charge < -0.3 is 20.1 Å².